The molecule has 17 heavy (non-hydrogen) atoms. The standard InChI is InChI=1S/C14H20ClNO/c1-10(16)14(17-8-7-11-5-6-11)12-3-2-4-13(15)9-12/h2-4,9-11,14H,5-8,16H2,1H3. The topological polar surface area (TPSA) is 35.2 Å². The number of halogens is 1. The minimum absolute atomic E-state index is 0.0207. The lowest BCUT2D eigenvalue weighted by atomic mass is 10.0. The summed E-state index contributed by atoms with van der Waals surface area (Å²) in [7, 11) is 0. The second kappa shape index (κ2) is 5.85. The van der Waals surface area contributed by atoms with Crippen LogP contribution in [0.5, 0.6) is 0 Å². The molecule has 2 rings (SSSR count). The molecule has 94 valence electrons. The third kappa shape index (κ3) is 3.98. The van der Waals surface area contributed by atoms with E-state index in [1.165, 1.54) is 12.8 Å². The molecule has 0 aromatic heterocycles. The molecule has 1 saturated carbocycles. The molecule has 0 aliphatic heterocycles. The highest BCUT2D eigenvalue weighted by molar-refractivity contribution is 6.30. The predicted molar refractivity (Wildman–Crippen MR) is 71.1 cm³/mol. The predicted octanol–water partition coefficient (Wildman–Crippen LogP) is 3.55. The summed E-state index contributed by atoms with van der Waals surface area (Å²) in [6.45, 7) is 2.77. The summed E-state index contributed by atoms with van der Waals surface area (Å²) in [5.41, 5.74) is 7.06. The van der Waals surface area contributed by atoms with Gasteiger partial charge in [0.1, 0.15) is 0 Å². The van der Waals surface area contributed by atoms with E-state index in [-0.39, 0.29) is 12.1 Å². The zero-order valence-corrected chi connectivity index (χ0v) is 11.0. The van der Waals surface area contributed by atoms with Crippen molar-refractivity contribution in [3.8, 4) is 0 Å². The third-order valence-corrected chi connectivity index (χ3v) is 3.41. The largest absolute Gasteiger partial charge is 0.372 e. The Morgan fingerprint density at radius 1 is 1.47 bits per heavy atom. The molecule has 2 unspecified atom stereocenters. The summed E-state index contributed by atoms with van der Waals surface area (Å²) >= 11 is 5.99. The first-order chi connectivity index (χ1) is 8.16. The van der Waals surface area contributed by atoms with E-state index in [1.807, 2.05) is 31.2 Å². The summed E-state index contributed by atoms with van der Waals surface area (Å²) in [5.74, 6) is 0.892. The van der Waals surface area contributed by atoms with Crippen LogP contribution in [-0.2, 0) is 4.74 Å². The van der Waals surface area contributed by atoms with Crippen molar-refractivity contribution in [1.82, 2.24) is 0 Å². The molecule has 2 N–H and O–H groups in total. The van der Waals surface area contributed by atoms with E-state index in [0.717, 1.165) is 29.5 Å². The minimum atomic E-state index is -0.0487. The summed E-state index contributed by atoms with van der Waals surface area (Å²) in [6, 6.07) is 7.75. The summed E-state index contributed by atoms with van der Waals surface area (Å²) in [5, 5.41) is 0.735. The van der Waals surface area contributed by atoms with Gasteiger partial charge in [0.2, 0.25) is 0 Å². The molecular formula is C14H20ClNO. The van der Waals surface area contributed by atoms with Gasteiger partial charge in [-0.15, -0.1) is 0 Å². The summed E-state index contributed by atoms with van der Waals surface area (Å²) in [6.07, 6.45) is 3.84. The Bertz CT molecular complexity index is 363. The van der Waals surface area contributed by atoms with Crippen LogP contribution in [0.3, 0.4) is 0 Å². The van der Waals surface area contributed by atoms with Gasteiger partial charge in [-0.1, -0.05) is 36.6 Å². The Labute approximate surface area is 108 Å². The zero-order chi connectivity index (χ0) is 12.3. The number of hydrogen-bond acceptors (Lipinski definition) is 2. The fourth-order valence-electron chi connectivity index (χ4n) is 2.00. The van der Waals surface area contributed by atoms with Crippen LogP contribution >= 0.6 is 11.6 Å². The third-order valence-electron chi connectivity index (χ3n) is 3.18. The summed E-state index contributed by atoms with van der Waals surface area (Å²) in [4.78, 5) is 0. The molecule has 2 atom stereocenters. The van der Waals surface area contributed by atoms with E-state index in [9.17, 15) is 0 Å². The SMILES string of the molecule is CC(N)C(OCCC1CC1)c1cccc(Cl)c1. The Balaban J connectivity index is 1.95. The molecule has 1 aliphatic rings. The number of rotatable bonds is 6. The molecule has 3 heteroatoms. The number of nitrogens with two attached hydrogens (primary N) is 1. The van der Waals surface area contributed by atoms with Gasteiger partial charge in [-0.25, -0.2) is 0 Å². The van der Waals surface area contributed by atoms with Gasteiger partial charge >= 0.3 is 0 Å². The van der Waals surface area contributed by atoms with Crippen molar-refractivity contribution in [3.63, 3.8) is 0 Å². The lowest BCUT2D eigenvalue weighted by molar-refractivity contribution is 0.0347. The van der Waals surface area contributed by atoms with Crippen molar-refractivity contribution in [1.29, 1.82) is 0 Å². The zero-order valence-electron chi connectivity index (χ0n) is 10.2. The van der Waals surface area contributed by atoms with Gasteiger partial charge in [0.05, 0.1) is 6.10 Å². The normalized spacial score (nSPS) is 19.0. The van der Waals surface area contributed by atoms with Crippen LogP contribution in [0.2, 0.25) is 5.02 Å². The molecular weight excluding hydrogens is 234 g/mol. The minimum Gasteiger partial charge on any atom is -0.372 e. The molecule has 0 radical (unpaired) electrons. The highest BCUT2D eigenvalue weighted by Crippen LogP contribution is 2.33. The van der Waals surface area contributed by atoms with Crippen LogP contribution in [0.15, 0.2) is 24.3 Å². The van der Waals surface area contributed by atoms with Crippen molar-refractivity contribution in [2.75, 3.05) is 6.61 Å². The second-order valence-corrected chi connectivity index (χ2v) is 5.37. The van der Waals surface area contributed by atoms with E-state index in [4.69, 9.17) is 22.1 Å². The molecule has 0 spiro atoms. The first-order valence-electron chi connectivity index (χ1n) is 6.29. The Morgan fingerprint density at radius 2 is 2.24 bits per heavy atom. The molecule has 1 aromatic carbocycles. The van der Waals surface area contributed by atoms with Crippen LogP contribution in [0.25, 0.3) is 0 Å². The molecule has 0 saturated heterocycles. The van der Waals surface area contributed by atoms with Crippen LogP contribution in [0.4, 0.5) is 0 Å². The van der Waals surface area contributed by atoms with E-state index >= 15 is 0 Å². The van der Waals surface area contributed by atoms with Crippen molar-refractivity contribution in [3.05, 3.63) is 34.9 Å². The van der Waals surface area contributed by atoms with E-state index in [1.54, 1.807) is 0 Å². The number of ether oxygens (including phenoxy) is 1. The molecule has 0 amide bonds. The van der Waals surface area contributed by atoms with E-state index in [0.29, 0.717) is 0 Å². The Morgan fingerprint density at radius 3 is 2.82 bits per heavy atom. The molecule has 1 fully saturated rings. The van der Waals surface area contributed by atoms with Gasteiger partial charge in [-0.3, -0.25) is 0 Å². The monoisotopic (exact) mass is 253 g/mol. The van der Waals surface area contributed by atoms with Crippen molar-refractivity contribution in [2.24, 2.45) is 11.7 Å². The summed E-state index contributed by atoms with van der Waals surface area (Å²) < 4.78 is 5.91. The van der Waals surface area contributed by atoms with E-state index in [2.05, 4.69) is 0 Å². The van der Waals surface area contributed by atoms with Gasteiger partial charge in [0.25, 0.3) is 0 Å². The van der Waals surface area contributed by atoms with Crippen molar-refractivity contribution >= 4 is 11.6 Å². The highest BCUT2D eigenvalue weighted by atomic mass is 35.5. The van der Waals surface area contributed by atoms with Crippen LogP contribution in [-0.4, -0.2) is 12.6 Å². The van der Waals surface area contributed by atoms with Crippen molar-refractivity contribution < 1.29 is 4.74 Å². The van der Waals surface area contributed by atoms with Gasteiger partial charge in [0, 0.05) is 17.7 Å². The van der Waals surface area contributed by atoms with Gasteiger partial charge in [-0.2, -0.15) is 0 Å². The molecule has 1 aliphatic carbocycles. The fraction of sp³-hybridized carbons (Fsp3) is 0.571. The number of hydrogen-bond donors (Lipinski definition) is 1. The maximum absolute atomic E-state index is 5.99. The van der Waals surface area contributed by atoms with Crippen molar-refractivity contribution in [2.45, 2.75) is 38.3 Å². The van der Waals surface area contributed by atoms with Gasteiger partial charge in [-0.05, 0) is 37.0 Å². The average molecular weight is 254 g/mol. The van der Waals surface area contributed by atoms with Gasteiger partial charge in [0.15, 0.2) is 0 Å². The maximum atomic E-state index is 5.99. The Kier molecular flexibility index (Phi) is 4.43. The van der Waals surface area contributed by atoms with Crippen LogP contribution in [0, 0.1) is 5.92 Å². The molecule has 0 bridgehead atoms. The lowest BCUT2D eigenvalue weighted by Crippen LogP contribution is -2.27. The second-order valence-electron chi connectivity index (χ2n) is 4.94. The first-order valence-corrected chi connectivity index (χ1v) is 6.67. The van der Waals surface area contributed by atoms with Gasteiger partial charge < -0.3 is 10.5 Å². The quantitative estimate of drug-likeness (QED) is 0.842. The molecule has 2 nitrogen and oxygen atoms in total. The lowest BCUT2D eigenvalue weighted by Gasteiger charge is -2.22. The maximum Gasteiger partial charge on any atom is 0.0973 e. The van der Waals surface area contributed by atoms with E-state index < -0.39 is 0 Å². The average Bonchev–Trinajstić information content (AvgIpc) is 3.07. The van der Waals surface area contributed by atoms with Crippen LogP contribution in [0.1, 0.15) is 37.9 Å². The molecule has 1 aromatic rings. The molecule has 0 heterocycles. The fourth-order valence-corrected chi connectivity index (χ4v) is 2.20. The Hall–Kier alpha value is -0.570. The number of benzene rings is 1. The van der Waals surface area contributed by atoms with Crippen LogP contribution < -0.4 is 5.73 Å². The smallest absolute Gasteiger partial charge is 0.0973 e. The highest BCUT2D eigenvalue weighted by Gasteiger charge is 2.22. The first kappa shape index (κ1) is 12.9.